The average Bonchev–Trinajstić information content (AvgIpc) is 2.69. The summed E-state index contributed by atoms with van der Waals surface area (Å²) in [6.45, 7) is 4.14. The van der Waals surface area contributed by atoms with Crippen molar-refractivity contribution in [3.8, 4) is 0 Å². The SMILES string of the molecule is CCC[C@H](NC(C)CC1CCCC1)C(=O)O. The minimum atomic E-state index is -0.708. The fourth-order valence-corrected chi connectivity index (χ4v) is 2.72. The summed E-state index contributed by atoms with van der Waals surface area (Å²) in [7, 11) is 0. The lowest BCUT2D eigenvalue weighted by Gasteiger charge is -2.22. The third-order valence-electron chi connectivity index (χ3n) is 3.52. The number of hydrogen-bond acceptors (Lipinski definition) is 2. The molecule has 0 heterocycles. The first-order valence-corrected chi connectivity index (χ1v) is 6.62. The second-order valence-corrected chi connectivity index (χ2v) is 5.13. The fourth-order valence-electron chi connectivity index (χ4n) is 2.72. The molecule has 0 saturated heterocycles. The molecule has 0 aromatic carbocycles. The minimum Gasteiger partial charge on any atom is -0.480 e. The van der Waals surface area contributed by atoms with Gasteiger partial charge in [-0.05, 0) is 25.7 Å². The predicted molar refractivity (Wildman–Crippen MR) is 65.5 cm³/mol. The largest absolute Gasteiger partial charge is 0.480 e. The maximum Gasteiger partial charge on any atom is 0.320 e. The van der Waals surface area contributed by atoms with Crippen molar-refractivity contribution in [3.63, 3.8) is 0 Å². The topological polar surface area (TPSA) is 49.3 Å². The molecule has 2 N–H and O–H groups in total. The number of rotatable bonds is 7. The maximum absolute atomic E-state index is 11.0. The van der Waals surface area contributed by atoms with Gasteiger partial charge in [0.15, 0.2) is 0 Å². The summed E-state index contributed by atoms with van der Waals surface area (Å²) in [6.07, 6.45) is 8.15. The van der Waals surface area contributed by atoms with Gasteiger partial charge in [-0.3, -0.25) is 4.79 Å². The highest BCUT2D eigenvalue weighted by molar-refractivity contribution is 5.73. The monoisotopic (exact) mass is 227 g/mol. The molecule has 0 aromatic heterocycles. The van der Waals surface area contributed by atoms with E-state index in [0.717, 1.165) is 25.2 Å². The number of carboxylic acid groups (broad SMARTS) is 1. The molecular formula is C13H25NO2. The van der Waals surface area contributed by atoms with Crippen molar-refractivity contribution in [3.05, 3.63) is 0 Å². The molecule has 1 unspecified atom stereocenters. The molecule has 3 nitrogen and oxygen atoms in total. The third kappa shape index (κ3) is 4.52. The van der Waals surface area contributed by atoms with Gasteiger partial charge in [0, 0.05) is 6.04 Å². The minimum absolute atomic E-state index is 0.329. The fraction of sp³-hybridized carbons (Fsp3) is 0.923. The molecule has 0 spiro atoms. The van der Waals surface area contributed by atoms with Crippen LogP contribution in [0.3, 0.4) is 0 Å². The van der Waals surface area contributed by atoms with Crippen LogP contribution in [0.2, 0.25) is 0 Å². The normalized spacial score (nSPS) is 20.9. The van der Waals surface area contributed by atoms with Crippen molar-refractivity contribution in [1.82, 2.24) is 5.32 Å². The van der Waals surface area contributed by atoms with Gasteiger partial charge in [0.05, 0.1) is 0 Å². The van der Waals surface area contributed by atoms with Gasteiger partial charge in [0.2, 0.25) is 0 Å². The van der Waals surface area contributed by atoms with Gasteiger partial charge in [0.1, 0.15) is 6.04 Å². The Kier molecular flexibility index (Phi) is 5.81. The van der Waals surface area contributed by atoms with Crippen molar-refractivity contribution < 1.29 is 9.90 Å². The first kappa shape index (κ1) is 13.5. The Labute approximate surface area is 98.6 Å². The summed E-state index contributed by atoms with van der Waals surface area (Å²) in [5, 5.41) is 12.3. The van der Waals surface area contributed by atoms with E-state index >= 15 is 0 Å². The van der Waals surface area contributed by atoms with Gasteiger partial charge < -0.3 is 10.4 Å². The van der Waals surface area contributed by atoms with E-state index in [2.05, 4.69) is 12.2 Å². The van der Waals surface area contributed by atoms with Crippen LogP contribution in [0.15, 0.2) is 0 Å². The Bertz CT molecular complexity index is 212. The summed E-state index contributed by atoms with van der Waals surface area (Å²) < 4.78 is 0. The summed E-state index contributed by atoms with van der Waals surface area (Å²) in [4.78, 5) is 11.0. The Morgan fingerprint density at radius 2 is 2.06 bits per heavy atom. The van der Waals surface area contributed by atoms with Crippen molar-refractivity contribution in [1.29, 1.82) is 0 Å². The lowest BCUT2D eigenvalue weighted by atomic mass is 9.98. The molecule has 94 valence electrons. The van der Waals surface area contributed by atoms with Crippen LogP contribution in [0.4, 0.5) is 0 Å². The molecule has 1 rings (SSSR count). The molecule has 1 saturated carbocycles. The number of carbonyl (C=O) groups is 1. The van der Waals surface area contributed by atoms with Crippen LogP contribution in [-0.4, -0.2) is 23.2 Å². The molecule has 0 aromatic rings. The van der Waals surface area contributed by atoms with Crippen LogP contribution in [0.25, 0.3) is 0 Å². The van der Waals surface area contributed by atoms with Gasteiger partial charge in [-0.25, -0.2) is 0 Å². The van der Waals surface area contributed by atoms with Crippen LogP contribution in [-0.2, 0) is 4.79 Å². The van der Waals surface area contributed by atoms with E-state index in [1.165, 1.54) is 25.7 Å². The van der Waals surface area contributed by atoms with Gasteiger partial charge in [-0.2, -0.15) is 0 Å². The molecule has 1 aliphatic rings. The van der Waals surface area contributed by atoms with Crippen molar-refractivity contribution >= 4 is 5.97 Å². The van der Waals surface area contributed by atoms with Crippen molar-refractivity contribution in [2.75, 3.05) is 0 Å². The van der Waals surface area contributed by atoms with Crippen molar-refractivity contribution in [2.24, 2.45) is 5.92 Å². The molecule has 1 fully saturated rings. The van der Waals surface area contributed by atoms with Crippen LogP contribution in [0.1, 0.15) is 58.8 Å². The number of nitrogens with one attached hydrogen (secondary N) is 1. The predicted octanol–water partition coefficient (Wildman–Crippen LogP) is 2.80. The lowest BCUT2D eigenvalue weighted by molar-refractivity contribution is -0.139. The Morgan fingerprint density at radius 1 is 1.44 bits per heavy atom. The van der Waals surface area contributed by atoms with E-state index in [1.54, 1.807) is 0 Å². The average molecular weight is 227 g/mol. The van der Waals surface area contributed by atoms with Crippen LogP contribution < -0.4 is 5.32 Å². The Balaban J connectivity index is 2.29. The Hall–Kier alpha value is -0.570. The first-order valence-electron chi connectivity index (χ1n) is 6.62. The van der Waals surface area contributed by atoms with Crippen LogP contribution in [0, 0.1) is 5.92 Å². The quantitative estimate of drug-likeness (QED) is 0.703. The van der Waals surface area contributed by atoms with Gasteiger partial charge in [0.25, 0.3) is 0 Å². The van der Waals surface area contributed by atoms with E-state index in [9.17, 15) is 4.79 Å². The highest BCUT2D eigenvalue weighted by Gasteiger charge is 2.22. The van der Waals surface area contributed by atoms with Gasteiger partial charge in [-0.1, -0.05) is 39.0 Å². The molecule has 0 radical (unpaired) electrons. The zero-order chi connectivity index (χ0) is 12.0. The smallest absolute Gasteiger partial charge is 0.320 e. The summed E-state index contributed by atoms with van der Waals surface area (Å²) in [6, 6.07) is -0.0304. The zero-order valence-electron chi connectivity index (χ0n) is 10.5. The highest BCUT2D eigenvalue weighted by Crippen LogP contribution is 2.28. The van der Waals surface area contributed by atoms with E-state index in [1.807, 2.05) is 6.92 Å². The Morgan fingerprint density at radius 3 is 2.56 bits per heavy atom. The van der Waals surface area contributed by atoms with Crippen molar-refractivity contribution in [2.45, 2.75) is 70.9 Å². The molecule has 2 atom stereocenters. The highest BCUT2D eigenvalue weighted by atomic mass is 16.4. The lowest BCUT2D eigenvalue weighted by Crippen LogP contribution is -2.42. The van der Waals surface area contributed by atoms with E-state index in [4.69, 9.17) is 5.11 Å². The molecular weight excluding hydrogens is 202 g/mol. The molecule has 0 amide bonds. The molecule has 16 heavy (non-hydrogen) atoms. The summed E-state index contributed by atoms with van der Waals surface area (Å²) >= 11 is 0. The van der Waals surface area contributed by atoms with Gasteiger partial charge in [-0.15, -0.1) is 0 Å². The van der Waals surface area contributed by atoms with E-state index in [0.29, 0.717) is 6.04 Å². The standard InChI is InChI=1S/C13H25NO2/c1-3-6-12(13(15)16)14-10(2)9-11-7-4-5-8-11/h10-12,14H,3-9H2,1-2H3,(H,15,16)/t10?,12-/m0/s1. The third-order valence-corrected chi connectivity index (χ3v) is 3.52. The molecule has 0 aliphatic heterocycles. The van der Waals surface area contributed by atoms with Crippen LogP contribution >= 0.6 is 0 Å². The summed E-state index contributed by atoms with van der Waals surface area (Å²) in [5.41, 5.74) is 0. The second-order valence-electron chi connectivity index (χ2n) is 5.13. The number of aliphatic carboxylic acids is 1. The van der Waals surface area contributed by atoms with E-state index in [-0.39, 0.29) is 6.04 Å². The molecule has 0 bridgehead atoms. The molecule has 1 aliphatic carbocycles. The summed E-state index contributed by atoms with van der Waals surface area (Å²) in [5.74, 6) is 0.110. The second kappa shape index (κ2) is 6.89. The first-order chi connectivity index (χ1) is 7.63. The number of hydrogen-bond donors (Lipinski definition) is 2. The van der Waals surface area contributed by atoms with E-state index < -0.39 is 5.97 Å². The maximum atomic E-state index is 11.0. The van der Waals surface area contributed by atoms with Crippen LogP contribution in [0.5, 0.6) is 0 Å². The molecule has 3 heteroatoms. The van der Waals surface area contributed by atoms with Gasteiger partial charge >= 0.3 is 5.97 Å². The zero-order valence-corrected chi connectivity index (χ0v) is 10.5. The number of carboxylic acids is 1.